The predicted octanol–water partition coefficient (Wildman–Crippen LogP) is 4.21. The zero-order valence-electron chi connectivity index (χ0n) is 22.0. The van der Waals surface area contributed by atoms with Gasteiger partial charge in [-0.2, -0.15) is 0 Å². The van der Waals surface area contributed by atoms with Crippen LogP contribution in [0.25, 0.3) is 0 Å². The van der Waals surface area contributed by atoms with Gasteiger partial charge >= 0.3 is 6.09 Å². The second-order valence-corrected chi connectivity index (χ2v) is 10.2. The Morgan fingerprint density at radius 2 is 1.72 bits per heavy atom. The van der Waals surface area contributed by atoms with Gasteiger partial charge in [0.15, 0.2) is 0 Å². The molecule has 0 aromatic heterocycles. The van der Waals surface area contributed by atoms with Crippen LogP contribution in [0.2, 0.25) is 0 Å². The van der Waals surface area contributed by atoms with Crippen molar-refractivity contribution in [1.29, 1.82) is 0 Å². The monoisotopic (exact) mass is 497 g/mol. The molecule has 2 aromatic carbocycles. The molecular weight excluding hydrogens is 458 g/mol. The highest BCUT2D eigenvalue weighted by Gasteiger charge is 2.35. The van der Waals surface area contributed by atoms with Gasteiger partial charge in [0.2, 0.25) is 5.91 Å². The number of benzene rings is 2. The molecule has 8 nitrogen and oxygen atoms in total. The van der Waals surface area contributed by atoms with Crippen molar-refractivity contribution in [3.63, 3.8) is 0 Å². The van der Waals surface area contributed by atoms with E-state index >= 15 is 0 Å². The molecule has 1 atom stereocenters. The Balaban J connectivity index is 1.75. The van der Waals surface area contributed by atoms with E-state index in [0.717, 1.165) is 11.1 Å². The molecule has 1 aliphatic heterocycles. The highest BCUT2D eigenvalue weighted by molar-refractivity contribution is 5.82. The number of nitrogens with zero attached hydrogens (tertiary/aromatic N) is 2. The lowest BCUT2D eigenvalue weighted by Crippen LogP contribution is -2.54. The van der Waals surface area contributed by atoms with Crippen molar-refractivity contribution in [2.75, 3.05) is 27.3 Å². The number of hydrogen-bond acceptors (Lipinski definition) is 6. The lowest BCUT2D eigenvalue weighted by atomic mass is 9.86. The first-order chi connectivity index (χ1) is 17.1. The number of hydrogen-bond donors (Lipinski definition) is 1. The van der Waals surface area contributed by atoms with Crippen molar-refractivity contribution in [3.8, 4) is 11.5 Å². The Labute approximate surface area is 214 Å². The molecule has 2 aromatic rings. The Morgan fingerprint density at radius 3 is 2.31 bits per heavy atom. The van der Waals surface area contributed by atoms with Crippen molar-refractivity contribution >= 4 is 12.0 Å². The van der Waals surface area contributed by atoms with Crippen LogP contribution in [-0.4, -0.2) is 61.2 Å². The van der Waals surface area contributed by atoms with Gasteiger partial charge in [-0.3, -0.25) is 4.79 Å². The van der Waals surface area contributed by atoms with Crippen LogP contribution in [0.15, 0.2) is 48.5 Å². The Morgan fingerprint density at radius 1 is 1.06 bits per heavy atom. The highest BCUT2D eigenvalue weighted by atomic mass is 16.6. The maximum absolute atomic E-state index is 13.3. The average Bonchev–Trinajstić information content (AvgIpc) is 2.89. The van der Waals surface area contributed by atoms with Crippen LogP contribution < -0.4 is 15.2 Å². The SMILES string of the molecule is COc1ccc(CN(C(=O)OCc2ccccc2)C2CCN(C(=O)[C@@H](N)C(C)(C)C)CC2)c(OC)c1. The number of nitrogens with two attached hydrogens (primary N) is 1. The minimum atomic E-state index is -0.565. The molecule has 2 amide bonds. The van der Waals surface area contributed by atoms with E-state index in [0.29, 0.717) is 44.0 Å². The van der Waals surface area contributed by atoms with E-state index in [-0.39, 0.29) is 24.0 Å². The van der Waals surface area contributed by atoms with Crippen molar-refractivity contribution in [1.82, 2.24) is 9.80 Å². The summed E-state index contributed by atoms with van der Waals surface area (Å²) in [6, 6.07) is 14.5. The molecule has 0 unspecified atom stereocenters. The third kappa shape index (κ3) is 6.91. The van der Waals surface area contributed by atoms with Crippen LogP contribution in [-0.2, 0) is 22.7 Å². The molecule has 2 N–H and O–H groups in total. The van der Waals surface area contributed by atoms with Crippen molar-refractivity contribution in [3.05, 3.63) is 59.7 Å². The average molecular weight is 498 g/mol. The third-order valence-electron chi connectivity index (χ3n) is 6.69. The maximum atomic E-state index is 13.3. The summed E-state index contributed by atoms with van der Waals surface area (Å²) >= 11 is 0. The number of methoxy groups -OCH3 is 2. The molecule has 0 spiro atoms. The van der Waals surface area contributed by atoms with Crippen LogP contribution >= 0.6 is 0 Å². The van der Waals surface area contributed by atoms with E-state index in [4.69, 9.17) is 19.9 Å². The van der Waals surface area contributed by atoms with Crippen molar-refractivity contribution in [2.45, 2.75) is 58.8 Å². The summed E-state index contributed by atoms with van der Waals surface area (Å²) in [4.78, 5) is 29.8. The molecule has 1 aliphatic rings. The first-order valence-corrected chi connectivity index (χ1v) is 12.4. The third-order valence-corrected chi connectivity index (χ3v) is 6.69. The van der Waals surface area contributed by atoms with Crippen LogP contribution in [0.5, 0.6) is 11.5 Å². The Hall–Kier alpha value is -3.26. The van der Waals surface area contributed by atoms with Crippen LogP contribution in [0.3, 0.4) is 0 Å². The van der Waals surface area contributed by atoms with E-state index in [1.807, 2.05) is 68.1 Å². The Bertz CT molecular complexity index is 1010. The molecular formula is C28H39N3O5. The van der Waals surface area contributed by atoms with Gasteiger partial charge in [-0.25, -0.2) is 4.79 Å². The first kappa shape index (κ1) is 27.3. The molecule has 0 saturated carbocycles. The predicted molar refractivity (Wildman–Crippen MR) is 139 cm³/mol. The first-order valence-electron chi connectivity index (χ1n) is 12.4. The number of rotatable bonds is 8. The normalized spacial score (nSPS) is 15.2. The fourth-order valence-corrected chi connectivity index (χ4v) is 4.28. The lowest BCUT2D eigenvalue weighted by molar-refractivity contribution is -0.136. The smallest absolute Gasteiger partial charge is 0.410 e. The van der Waals surface area contributed by atoms with E-state index in [9.17, 15) is 9.59 Å². The summed E-state index contributed by atoms with van der Waals surface area (Å²) in [7, 11) is 3.20. The van der Waals surface area contributed by atoms with Gasteiger partial charge < -0.3 is 29.7 Å². The molecule has 3 rings (SSSR count). The van der Waals surface area contributed by atoms with Crippen molar-refractivity contribution in [2.24, 2.45) is 11.1 Å². The Kier molecular flexibility index (Phi) is 9.20. The topological polar surface area (TPSA) is 94.3 Å². The van der Waals surface area contributed by atoms with E-state index in [2.05, 4.69) is 0 Å². The number of carbonyl (C=O) groups is 2. The second-order valence-electron chi connectivity index (χ2n) is 10.2. The molecule has 196 valence electrons. The van der Waals surface area contributed by atoms with E-state index in [1.54, 1.807) is 25.2 Å². The quantitative estimate of drug-likeness (QED) is 0.587. The van der Waals surface area contributed by atoms with Gasteiger partial charge in [-0.1, -0.05) is 51.1 Å². The zero-order chi connectivity index (χ0) is 26.3. The summed E-state index contributed by atoms with van der Waals surface area (Å²) < 4.78 is 16.6. The standard InChI is InChI=1S/C28H39N3O5/c1-28(2,3)25(29)26(32)30-15-13-22(14-16-30)31(27(33)36-19-20-9-7-6-8-10-20)18-21-11-12-23(34-4)17-24(21)35-5/h6-12,17,22,25H,13-16,18-19,29H2,1-5H3/t25-/m1/s1. The largest absolute Gasteiger partial charge is 0.497 e. The summed E-state index contributed by atoms with van der Waals surface area (Å²) in [5.74, 6) is 1.27. The number of ether oxygens (including phenoxy) is 3. The van der Waals surface area contributed by atoms with E-state index in [1.165, 1.54) is 0 Å². The van der Waals surface area contributed by atoms with Gasteiger partial charge in [0.25, 0.3) is 0 Å². The highest BCUT2D eigenvalue weighted by Crippen LogP contribution is 2.29. The van der Waals surface area contributed by atoms with Crippen LogP contribution in [0.4, 0.5) is 4.79 Å². The number of amides is 2. The molecule has 1 saturated heterocycles. The molecule has 36 heavy (non-hydrogen) atoms. The van der Waals surface area contributed by atoms with Crippen LogP contribution in [0, 0.1) is 5.41 Å². The molecule has 8 heteroatoms. The fraction of sp³-hybridized carbons (Fsp3) is 0.500. The van der Waals surface area contributed by atoms with Gasteiger partial charge in [0.1, 0.15) is 18.1 Å². The number of likely N-dealkylation sites (tertiary alicyclic amines) is 1. The summed E-state index contributed by atoms with van der Waals surface area (Å²) in [5, 5.41) is 0. The molecule has 1 fully saturated rings. The van der Waals surface area contributed by atoms with Gasteiger partial charge in [-0.15, -0.1) is 0 Å². The second kappa shape index (κ2) is 12.1. The lowest BCUT2D eigenvalue weighted by Gasteiger charge is -2.40. The van der Waals surface area contributed by atoms with Crippen molar-refractivity contribution < 1.29 is 23.8 Å². The zero-order valence-corrected chi connectivity index (χ0v) is 22.0. The van der Waals surface area contributed by atoms with Crippen LogP contribution in [0.1, 0.15) is 44.7 Å². The fourth-order valence-electron chi connectivity index (χ4n) is 4.28. The summed E-state index contributed by atoms with van der Waals surface area (Å²) in [5.41, 5.74) is 7.68. The molecule has 0 bridgehead atoms. The molecule has 0 radical (unpaired) electrons. The molecule has 0 aliphatic carbocycles. The minimum Gasteiger partial charge on any atom is -0.497 e. The summed E-state index contributed by atoms with van der Waals surface area (Å²) in [6.07, 6.45) is 0.885. The number of piperidine rings is 1. The minimum absolute atomic E-state index is 0.0454. The van der Waals surface area contributed by atoms with Gasteiger partial charge in [0, 0.05) is 30.8 Å². The summed E-state index contributed by atoms with van der Waals surface area (Å²) in [6.45, 7) is 7.48. The van der Waals surface area contributed by atoms with E-state index < -0.39 is 12.1 Å². The van der Waals surface area contributed by atoms with Gasteiger partial charge in [-0.05, 0) is 36.0 Å². The van der Waals surface area contributed by atoms with Gasteiger partial charge in [0.05, 0.1) is 26.8 Å². The molecule has 1 heterocycles. The number of carbonyl (C=O) groups excluding carboxylic acids is 2. The maximum Gasteiger partial charge on any atom is 0.410 e.